The van der Waals surface area contributed by atoms with Crippen LogP contribution in [0, 0.1) is 5.41 Å². The van der Waals surface area contributed by atoms with Crippen LogP contribution >= 0.6 is 0 Å². The first-order valence-corrected chi connectivity index (χ1v) is 19.3. The highest BCUT2D eigenvalue weighted by molar-refractivity contribution is 6.07. The number of benzene rings is 2. The summed E-state index contributed by atoms with van der Waals surface area (Å²) in [6.45, 7) is 19.6. The van der Waals surface area contributed by atoms with Crippen LogP contribution in [0.3, 0.4) is 0 Å². The van der Waals surface area contributed by atoms with Crippen molar-refractivity contribution in [1.82, 2.24) is 4.90 Å². The largest absolute Gasteiger partial charge is 0.481 e. The summed E-state index contributed by atoms with van der Waals surface area (Å²) in [4.78, 5) is 91.0. The van der Waals surface area contributed by atoms with Crippen molar-refractivity contribution in [2.45, 2.75) is 143 Å². The summed E-state index contributed by atoms with van der Waals surface area (Å²) in [7, 11) is 0. The van der Waals surface area contributed by atoms with E-state index < -0.39 is 81.9 Å². The number of carboxylic acid groups (broad SMARTS) is 2. The van der Waals surface area contributed by atoms with Crippen molar-refractivity contribution in [2.75, 3.05) is 0 Å². The van der Waals surface area contributed by atoms with E-state index in [2.05, 4.69) is 10.1 Å². The van der Waals surface area contributed by atoms with E-state index in [0.29, 0.717) is 11.3 Å². The molecule has 6 N–H and O–H groups in total. The first-order chi connectivity index (χ1) is 27.3. The Morgan fingerprint density at radius 1 is 0.850 bits per heavy atom. The van der Waals surface area contributed by atoms with Crippen LogP contribution in [-0.2, 0) is 44.7 Å². The Morgan fingerprint density at radius 2 is 1.43 bits per heavy atom. The number of hydrogen-bond acceptors (Lipinski definition) is 12. The van der Waals surface area contributed by atoms with E-state index in [0.717, 1.165) is 4.90 Å². The van der Waals surface area contributed by atoms with Gasteiger partial charge < -0.3 is 45.6 Å². The summed E-state index contributed by atoms with van der Waals surface area (Å²) in [5.41, 5.74) is 3.93. The second kappa shape index (κ2) is 17.7. The Labute approximate surface area is 350 Å². The topological polar surface area (TPSA) is 260 Å². The van der Waals surface area contributed by atoms with Gasteiger partial charge in [-0.15, -0.1) is 0 Å². The van der Waals surface area contributed by atoms with Crippen molar-refractivity contribution >= 4 is 53.1 Å². The predicted molar refractivity (Wildman–Crippen MR) is 222 cm³/mol. The molecule has 0 aliphatic carbocycles. The summed E-state index contributed by atoms with van der Waals surface area (Å²) in [5.74, 6) is -6.03. The molecule has 1 aliphatic rings. The second-order valence-corrected chi connectivity index (χ2v) is 18.7. The molecular weight excluding hydrogens is 778 g/mol. The van der Waals surface area contributed by atoms with Crippen LogP contribution in [0.2, 0.25) is 0 Å². The number of esters is 3. The number of carbonyl (C=O) groups is 6. The maximum atomic E-state index is 14.4. The van der Waals surface area contributed by atoms with Crippen molar-refractivity contribution in [3.63, 3.8) is 0 Å². The number of nitrogens with two attached hydrogens (primary N) is 2. The second-order valence-electron chi connectivity index (χ2n) is 18.7. The van der Waals surface area contributed by atoms with Crippen LogP contribution < -0.4 is 16.2 Å². The third kappa shape index (κ3) is 12.0. The minimum atomic E-state index is -2.16. The number of nitrogens with zero attached hydrogens (tertiary/aromatic N) is 3. The highest BCUT2D eigenvalue weighted by Gasteiger charge is 2.59. The van der Waals surface area contributed by atoms with Gasteiger partial charge in [0, 0.05) is 23.9 Å². The van der Waals surface area contributed by atoms with Gasteiger partial charge >= 0.3 is 29.8 Å². The lowest BCUT2D eigenvalue weighted by atomic mass is 9.68. The summed E-state index contributed by atoms with van der Waals surface area (Å²) < 4.78 is 17.0. The summed E-state index contributed by atoms with van der Waals surface area (Å²) >= 11 is 0. The molecule has 1 aliphatic heterocycles. The monoisotopic (exact) mass is 837 g/mol. The number of aliphatic carboxylic acids is 2. The van der Waals surface area contributed by atoms with Crippen molar-refractivity contribution in [1.29, 1.82) is 0 Å². The first-order valence-electron chi connectivity index (χ1n) is 19.3. The number of guanidine groups is 1. The van der Waals surface area contributed by atoms with Crippen LogP contribution in [0.15, 0.2) is 52.6 Å². The number of amides is 1. The lowest BCUT2D eigenvalue weighted by Crippen LogP contribution is -2.69. The van der Waals surface area contributed by atoms with E-state index >= 15 is 0 Å². The van der Waals surface area contributed by atoms with Gasteiger partial charge in [-0.2, -0.15) is 0 Å². The van der Waals surface area contributed by atoms with E-state index in [1.165, 1.54) is 36.4 Å². The SMILES string of the molecule is CC(C)(C)OC(=O)CC1(C(=O)OC(C)(C)C)CC(c2cc(OC(=O)c3ccc(N=C(N)N)cc3)ccc2CCC(=O)N(C(C)(C)C)[C@@](CC(=O)O)(C(=O)O)C(C)(C)C)=NO1. The standard InChI is InChI=1S/C43H59N5O12/c1-38(2,3)43(35(54)55,23-32(50)51)48(39(4,5)6)31(49)20-16-25-15-19-28(57-34(53)26-13-17-27(18-14-26)46-37(44)45)21-29(25)30-22-42(60-47-30,36(56)59-41(10,11)12)24-33(52)58-40(7,8)9/h13-15,17-19,21H,16,20,22-24H2,1-12H3,(H,50,51)(H,54,55)(H4,44,45,46)/t42?,43-/m0/s1. The van der Waals surface area contributed by atoms with Crippen molar-refractivity contribution in [2.24, 2.45) is 27.0 Å². The molecule has 0 radical (unpaired) electrons. The quantitative estimate of drug-likeness (QED) is 0.0776. The van der Waals surface area contributed by atoms with Crippen molar-refractivity contribution < 1.29 is 58.0 Å². The Kier molecular flexibility index (Phi) is 14.3. The fourth-order valence-electron chi connectivity index (χ4n) is 6.88. The van der Waals surface area contributed by atoms with E-state index in [9.17, 15) is 39.0 Å². The lowest BCUT2D eigenvalue weighted by molar-refractivity contribution is -0.188. The van der Waals surface area contributed by atoms with E-state index in [1.807, 2.05) is 0 Å². The average molecular weight is 838 g/mol. The molecule has 60 heavy (non-hydrogen) atoms. The van der Waals surface area contributed by atoms with Crippen LogP contribution in [0.4, 0.5) is 5.69 Å². The fraction of sp³-hybridized carbons (Fsp3) is 0.535. The predicted octanol–water partition coefficient (Wildman–Crippen LogP) is 5.65. The van der Waals surface area contributed by atoms with Gasteiger partial charge in [-0.3, -0.25) is 14.4 Å². The van der Waals surface area contributed by atoms with E-state index in [1.54, 1.807) is 89.2 Å². The average Bonchev–Trinajstić information content (AvgIpc) is 3.49. The lowest BCUT2D eigenvalue weighted by Gasteiger charge is -2.53. The normalized spacial score (nSPS) is 16.6. The molecule has 0 aromatic heterocycles. The number of carboxylic acids is 2. The molecule has 328 valence electrons. The summed E-state index contributed by atoms with van der Waals surface area (Å²) in [5, 5.41) is 24.9. The van der Waals surface area contributed by atoms with Gasteiger partial charge in [0.05, 0.1) is 29.8 Å². The minimum Gasteiger partial charge on any atom is -0.481 e. The molecule has 0 spiro atoms. The van der Waals surface area contributed by atoms with Gasteiger partial charge in [0.15, 0.2) is 11.5 Å². The molecule has 2 atom stereocenters. The molecule has 1 unspecified atom stereocenters. The maximum Gasteiger partial charge on any atom is 0.354 e. The van der Waals surface area contributed by atoms with E-state index in [4.69, 9.17) is 30.5 Å². The molecule has 0 bridgehead atoms. The smallest absolute Gasteiger partial charge is 0.354 e. The first kappa shape index (κ1) is 48.4. The Balaban J connectivity index is 2.15. The zero-order chi connectivity index (χ0) is 45.8. The minimum absolute atomic E-state index is 0.0402. The zero-order valence-electron chi connectivity index (χ0n) is 36.6. The molecule has 0 saturated carbocycles. The van der Waals surface area contributed by atoms with Crippen molar-refractivity contribution in [3.8, 4) is 5.75 Å². The van der Waals surface area contributed by atoms with Gasteiger partial charge in [0.1, 0.15) is 17.0 Å². The summed E-state index contributed by atoms with van der Waals surface area (Å²) in [6.07, 6.45) is -2.10. The Hall–Kier alpha value is -6.00. The van der Waals surface area contributed by atoms with Crippen LogP contribution in [0.5, 0.6) is 5.75 Å². The molecule has 2 aromatic rings. The van der Waals surface area contributed by atoms with Gasteiger partial charge in [-0.25, -0.2) is 19.4 Å². The molecule has 0 saturated heterocycles. The number of ether oxygens (including phenoxy) is 3. The molecular formula is C43H59N5O12. The molecule has 3 rings (SSSR count). The van der Waals surface area contributed by atoms with Gasteiger partial charge in [-0.05, 0) is 116 Å². The number of carbonyl (C=O) groups excluding carboxylic acids is 4. The number of aliphatic imine (C=N–C) groups is 1. The van der Waals surface area contributed by atoms with Gasteiger partial charge in [0.2, 0.25) is 11.5 Å². The molecule has 1 heterocycles. The molecule has 17 heteroatoms. The third-order valence-corrected chi connectivity index (χ3v) is 9.28. The number of rotatable bonds is 14. The number of oxime groups is 1. The Bertz CT molecular complexity index is 2050. The highest BCUT2D eigenvalue weighted by atomic mass is 16.7. The third-order valence-electron chi connectivity index (χ3n) is 9.28. The number of hydrogen-bond donors (Lipinski definition) is 4. The maximum absolute atomic E-state index is 14.4. The zero-order valence-corrected chi connectivity index (χ0v) is 36.6. The van der Waals surface area contributed by atoms with Gasteiger partial charge in [0.25, 0.3) is 0 Å². The van der Waals surface area contributed by atoms with Crippen LogP contribution in [0.25, 0.3) is 0 Å². The van der Waals surface area contributed by atoms with Gasteiger partial charge in [-0.1, -0.05) is 32.0 Å². The van der Waals surface area contributed by atoms with Crippen molar-refractivity contribution in [3.05, 3.63) is 59.2 Å². The number of aryl methyl sites for hydroxylation is 1. The van der Waals surface area contributed by atoms with E-state index in [-0.39, 0.29) is 47.8 Å². The molecule has 17 nitrogen and oxygen atoms in total. The molecule has 2 aromatic carbocycles. The summed E-state index contributed by atoms with van der Waals surface area (Å²) in [6, 6.07) is 10.5. The fourth-order valence-corrected chi connectivity index (χ4v) is 6.88. The van der Waals surface area contributed by atoms with Crippen LogP contribution in [0.1, 0.15) is 130 Å². The molecule has 0 fully saturated rings. The Morgan fingerprint density at radius 3 is 1.92 bits per heavy atom. The van der Waals surface area contributed by atoms with Crippen LogP contribution in [-0.4, -0.2) is 90.4 Å². The molecule has 1 amide bonds. The highest BCUT2D eigenvalue weighted by Crippen LogP contribution is 2.44.